The number of carbonyl (C=O) groups is 2. The highest BCUT2D eigenvalue weighted by atomic mass is 35.5. The van der Waals surface area contributed by atoms with Crippen LogP contribution in [0.1, 0.15) is 23.0 Å². The van der Waals surface area contributed by atoms with Crippen molar-refractivity contribution in [2.75, 3.05) is 5.32 Å². The summed E-state index contributed by atoms with van der Waals surface area (Å²) in [7, 11) is 0. The van der Waals surface area contributed by atoms with Crippen molar-refractivity contribution in [3.63, 3.8) is 0 Å². The van der Waals surface area contributed by atoms with Crippen LogP contribution < -0.4 is 10.1 Å². The van der Waals surface area contributed by atoms with Crippen LogP contribution in [0.25, 0.3) is 6.08 Å². The van der Waals surface area contributed by atoms with Gasteiger partial charge < -0.3 is 15.2 Å². The quantitative estimate of drug-likeness (QED) is 0.115. The summed E-state index contributed by atoms with van der Waals surface area (Å²) in [6.07, 6.45) is 2.94. The molecular weight excluding hydrogens is 534 g/mol. The molecule has 33 heavy (non-hydrogen) atoms. The fourth-order valence-corrected chi connectivity index (χ4v) is 3.72. The van der Waals surface area contributed by atoms with Gasteiger partial charge in [0, 0.05) is 5.57 Å². The summed E-state index contributed by atoms with van der Waals surface area (Å²) in [5, 5.41) is 11.3. The molecule has 0 bridgehead atoms. The van der Waals surface area contributed by atoms with Gasteiger partial charge in [-0.3, -0.25) is 4.79 Å². The number of esters is 1. The zero-order valence-corrected chi connectivity index (χ0v) is 20.4. The fraction of sp³-hybridized carbons (Fsp3) is 0.0455. The molecule has 1 amide bonds. The van der Waals surface area contributed by atoms with Crippen LogP contribution in [0.2, 0.25) is 25.1 Å². The van der Waals surface area contributed by atoms with Crippen molar-refractivity contribution < 1.29 is 19.4 Å². The molecule has 11 heteroatoms. The number of benzene rings is 2. The first-order chi connectivity index (χ1) is 15.6. The predicted octanol–water partition coefficient (Wildman–Crippen LogP) is 7.32. The molecule has 0 saturated heterocycles. The molecule has 3 aromatic rings. The van der Waals surface area contributed by atoms with Crippen LogP contribution in [-0.2, 0) is 4.79 Å². The van der Waals surface area contributed by atoms with Crippen molar-refractivity contribution in [2.24, 2.45) is 0 Å². The van der Waals surface area contributed by atoms with Gasteiger partial charge in [-0.15, -0.1) is 0 Å². The molecule has 0 aliphatic carbocycles. The molecular formula is C22H13Cl5N2O4. The van der Waals surface area contributed by atoms with Gasteiger partial charge in [0.2, 0.25) is 0 Å². The zero-order valence-electron chi connectivity index (χ0n) is 16.6. The van der Waals surface area contributed by atoms with E-state index in [1.54, 1.807) is 25.1 Å². The summed E-state index contributed by atoms with van der Waals surface area (Å²) in [6.45, 7) is 1.64. The molecule has 0 aliphatic heterocycles. The number of phenols is 1. The average Bonchev–Trinajstić information content (AvgIpc) is 2.81. The fourth-order valence-electron chi connectivity index (χ4n) is 2.52. The number of ether oxygens (including phenoxy) is 1. The number of anilines is 1. The third kappa shape index (κ3) is 5.91. The van der Waals surface area contributed by atoms with E-state index in [0.29, 0.717) is 11.3 Å². The molecule has 2 N–H and O–H groups in total. The van der Waals surface area contributed by atoms with Crippen molar-refractivity contribution in [1.29, 1.82) is 0 Å². The average molecular weight is 547 g/mol. The van der Waals surface area contributed by atoms with E-state index in [2.05, 4.69) is 10.3 Å². The van der Waals surface area contributed by atoms with Crippen molar-refractivity contribution >= 4 is 81.6 Å². The van der Waals surface area contributed by atoms with Gasteiger partial charge >= 0.3 is 5.97 Å². The molecule has 0 atom stereocenters. The highest BCUT2D eigenvalue weighted by Gasteiger charge is 2.23. The molecule has 0 fully saturated rings. The van der Waals surface area contributed by atoms with Crippen LogP contribution in [0.15, 0.2) is 48.2 Å². The normalized spacial score (nSPS) is 11.3. The van der Waals surface area contributed by atoms with E-state index < -0.39 is 5.97 Å². The number of amides is 1. The lowest BCUT2D eigenvalue weighted by Crippen LogP contribution is -2.14. The first-order valence-corrected chi connectivity index (χ1v) is 11.0. The molecule has 3 rings (SSSR count). The highest BCUT2D eigenvalue weighted by molar-refractivity contribution is 6.55. The summed E-state index contributed by atoms with van der Waals surface area (Å²) in [6, 6.07) is 9.20. The number of carbonyl (C=O) groups excluding carboxylic acids is 2. The molecule has 6 nitrogen and oxygen atoms in total. The van der Waals surface area contributed by atoms with Crippen LogP contribution in [-0.4, -0.2) is 22.0 Å². The lowest BCUT2D eigenvalue weighted by molar-refractivity contribution is -0.112. The number of phenolic OH excluding ortho intramolecular Hbond substituents is 1. The topological polar surface area (TPSA) is 88.5 Å². The van der Waals surface area contributed by atoms with Crippen LogP contribution in [0.4, 0.5) is 5.69 Å². The molecule has 0 radical (unpaired) electrons. The van der Waals surface area contributed by atoms with Crippen LogP contribution in [0.5, 0.6) is 11.5 Å². The first kappa shape index (κ1) is 25.1. The van der Waals surface area contributed by atoms with Crippen LogP contribution >= 0.6 is 58.0 Å². The minimum Gasteiger partial charge on any atom is -0.508 e. The van der Waals surface area contributed by atoms with Gasteiger partial charge in [-0.05, 0) is 42.8 Å². The van der Waals surface area contributed by atoms with E-state index >= 15 is 0 Å². The van der Waals surface area contributed by atoms with E-state index in [4.69, 9.17) is 62.7 Å². The molecule has 1 aromatic heterocycles. The number of nitrogens with one attached hydrogen (secondary N) is 1. The molecule has 170 valence electrons. The lowest BCUT2D eigenvalue weighted by Gasteiger charge is -2.12. The van der Waals surface area contributed by atoms with Crippen molar-refractivity contribution in [3.8, 4) is 11.5 Å². The Morgan fingerprint density at radius 2 is 1.48 bits per heavy atom. The van der Waals surface area contributed by atoms with Gasteiger partial charge in [0.05, 0.1) is 27.0 Å². The SMILES string of the molecule is C/C(=C\c1ccc(O)cc1)C(=O)Nc1ccc(C(=O)Oc2c(Cl)c(Cl)c(Cl)c(Cl)c2Cl)nc1. The zero-order chi connectivity index (χ0) is 24.3. The summed E-state index contributed by atoms with van der Waals surface area (Å²) in [5.74, 6) is -1.37. The molecule has 0 aliphatic rings. The van der Waals surface area contributed by atoms with Crippen LogP contribution in [0.3, 0.4) is 0 Å². The lowest BCUT2D eigenvalue weighted by atomic mass is 10.1. The van der Waals surface area contributed by atoms with E-state index in [-0.39, 0.29) is 48.2 Å². The number of pyridine rings is 1. The van der Waals surface area contributed by atoms with E-state index in [1.807, 2.05) is 0 Å². The predicted molar refractivity (Wildman–Crippen MR) is 131 cm³/mol. The van der Waals surface area contributed by atoms with Gasteiger partial charge in [-0.1, -0.05) is 70.1 Å². The smallest absolute Gasteiger partial charge is 0.362 e. The molecule has 2 aromatic carbocycles. The maximum absolute atomic E-state index is 12.5. The number of rotatable bonds is 5. The second-order valence-electron chi connectivity index (χ2n) is 6.59. The Labute approximate surface area is 213 Å². The minimum absolute atomic E-state index is 0.0684. The summed E-state index contributed by atoms with van der Waals surface area (Å²) in [4.78, 5) is 28.8. The third-order valence-electron chi connectivity index (χ3n) is 4.23. The van der Waals surface area contributed by atoms with Crippen molar-refractivity contribution in [1.82, 2.24) is 4.98 Å². The Morgan fingerprint density at radius 1 is 0.909 bits per heavy atom. The highest BCUT2D eigenvalue weighted by Crippen LogP contribution is 2.48. The molecule has 1 heterocycles. The number of nitrogens with zero attached hydrogens (tertiary/aromatic N) is 1. The first-order valence-electron chi connectivity index (χ1n) is 9.06. The second-order valence-corrected chi connectivity index (χ2v) is 8.48. The van der Waals surface area contributed by atoms with Gasteiger partial charge in [0.15, 0.2) is 5.75 Å². The van der Waals surface area contributed by atoms with Gasteiger partial charge in [0.25, 0.3) is 5.91 Å². The van der Waals surface area contributed by atoms with E-state index in [9.17, 15) is 14.7 Å². The monoisotopic (exact) mass is 544 g/mol. The third-order valence-corrected chi connectivity index (χ3v) is 6.47. The van der Waals surface area contributed by atoms with E-state index in [0.717, 1.165) is 5.56 Å². The second kappa shape index (κ2) is 10.6. The van der Waals surface area contributed by atoms with Gasteiger partial charge in [-0.25, -0.2) is 9.78 Å². The summed E-state index contributed by atoms with van der Waals surface area (Å²) < 4.78 is 5.21. The van der Waals surface area contributed by atoms with Crippen molar-refractivity contribution in [3.05, 3.63) is 84.5 Å². The molecule has 0 spiro atoms. The number of hydrogen-bond donors (Lipinski definition) is 2. The van der Waals surface area contributed by atoms with Crippen molar-refractivity contribution in [2.45, 2.75) is 6.92 Å². The standard InChI is InChI=1S/C22H13Cl5N2O4/c1-10(8-11-2-5-13(30)6-3-11)21(31)29-12-4-7-14(28-9-12)22(32)33-20-18(26)16(24)15(23)17(25)19(20)27/h2-9,30H,1H3,(H,29,31)/b10-8+. The van der Waals surface area contributed by atoms with Crippen LogP contribution in [0, 0.1) is 0 Å². The number of aromatic hydroxyl groups is 1. The maximum atomic E-state index is 12.5. The van der Waals surface area contributed by atoms with Gasteiger partial charge in [0.1, 0.15) is 21.5 Å². The number of aromatic nitrogens is 1. The Kier molecular flexibility index (Phi) is 8.10. The van der Waals surface area contributed by atoms with Gasteiger partial charge in [-0.2, -0.15) is 0 Å². The Balaban J connectivity index is 1.71. The maximum Gasteiger partial charge on any atom is 0.362 e. The summed E-state index contributed by atoms with van der Waals surface area (Å²) >= 11 is 30.0. The Bertz CT molecular complexity index is 1230. The summed E-state index contributed by atoms with van der Waals surface area (Å²) in [5.41, 5.74) is 1.43. The number of halogens is 5. The molecule has 0 saturated carbocycles. The Morgan fingerprint density at radius 3 is 2.03 bits per heavy atom. The van der Waals surface area contributed by atoms with E-state index in [1.165, 1.54) is 30.5 Å². The Hall–Kier alpha value is -2.48. The molecule has 0 unspecified atom stereocenters. The minimum atomic E-state index is -0.880. The largest absolute Gasteiger partial charge is 0.508 e. The number of hydrogen-bond acceptors (Lipinski definition) is 5.